The summed E-state index contributed by atoms with van der Waals surface area (Å²) in [6, 6.07) is 6.54. The molecule has 1 fully saturated rings. The van der Waals surface area contributed by atoms with E-state index in [2.05, 4.69) is 10.5 Å². The molecular weight excluding hydrogens is 311 g/mol. The molecule has 6 heteroatoms. The number of halogens is 1. The number of oxime groups is 1. The third kappa shape index (κ3) is 3.43. The molecule has 5 nitrogen and oxygen atoms in total. The van der Waals surface area contributed by atoms with Crippen molar-refractivity contribution in [3.63, 3.8) is 0 Å². The predicted molar refractivity (Wildman–Crippen MR) is 88.2 cm³/mol. The van der Waals surface area contributed by atoms with Crippen molar-refractivity contribution < 1.29 is 18.8 Å². The highest BCUT2D eigenvalue weighted by atomic mass is 19.1. The Bertz CT molecular complexity index is 626. The summed E-state index contributed by atoms with van der Waals surface area (Å²) in [4.78, 5) is 18.0. The summed E-state index contributed by atoms with van der Waals surface area (Å²) in [6.45, 7) is 3.67. The van der Waals surface area contributed by atoms with Crippen LogP contribution >= 0.6 is 0 Å². The fourth-order valence-corrected chi connectivity index (χ4v) is 3.51. The standard InChI is InChI=1S/C18H23FN2O3/c1-2-23-17(22)18(8-5-9-20-12-18)11-13-10-16(21-24-13)14-6-3-4-7-15(14)19/h3-4,6-7,13,20H,2,5,8-12H2,1H3/t13-,18+/m0/s1. The zero-order valence-corrected chi connectivity index (χ0v) is 13.9. The van der Waals surface area contributed by atoms with Gasteiger partial charge in [0.15, 0.2) is 0 Å². The van der Waals surface area contributed by atoms with Crippen LogP contribution in [-0.2, 0) is 14.4 Å². The molecule has 1 aromatic rings. The molecule has 24 heavy (non-hydrogen) atoms. The van der Waals surface area contributed by atoms with Gasteiger partial charge in [-0.3, -0.25) is 4.79 Å². The Morgan fingerprint density at radius 3 is 3.04 bits per heavy atom. The maximum absolute atomic E-state index is 13.9. The molecule has 1 aromatic carbocycles. The maximum Gasteiger partial charge on any atom is 0.313 e. The van der Waals surface area contributed by atoms with Gasteiger partial charge in [0, 0.05) is 24.9 Å². The molecular formula is C18H23FN2O3. The Kier molecular flexibility index (Phi) is 5.14. The van der Waals surface area contributed by atoms with Crippen LogP contribution in [0.5, 0.6) is 0 Å². The smallest absolute Gasteiger partial charge is 0.313 e. The van der Waals surface area contributed by atoms with E-state index in [0.29, 0.717) is 37.3 Å². The maximum atomic E-state index is 13.9. The summed E-state index contributed by atoms with van der Waals surface area (Å²) >= 11 is 0. The monoisotopic (exact) mass is 334 g/mol. The van der Waals surface area contributed by atoms with Crippen molar-refractivity contribution in [2.45, 2.75) is 38.7 Å². The highest BCUT2D eigenvalue weighted by Crippen LogP contribution is 2.36. The molecule has 0 amide bonds. The van der Waals surface area contributed by atoms with Crippen LogP contribution in [0, 0.1) is 11.2 Å². The second kappa shape index (κ2) is 7.30. The zero-order valence-electron chi connectivity index (χ0n) is 13.9. The summed E-state index contributed by atoms with van der Waals surface area (Å²) in [7, 11) is 0. The summed E-state index contributed by atoms with van der Waals surface area (Å²) in [5, 5.41) is 7.34. The minimum Gasteiger partial charge on any atom is -0.466 e. The molecule has 130 valence electrons. The molecule has 0 aromatic heterocycles. The first-order valence-electron chi connectivity index (χ1n) is 8.50. The van der Waals surface area contributed by atoms with E-state index < -0.39 is 5.41 Å². The quantitative estimate of drug-likeness (QED) is 0.841. The first-order chi connectivity index (χ1) is 11.6. The van der Waals surface area contributed by atoms with Crippen molar-refractivity contribution in [3.05, 3.63) is 35.6 Å². The number of nitrogens with one attached hydrogen (secondary N) is 1. The van der Waals surface area contributed by atoms with Crippen molar-refractivity contribution in [2.75, 3.05) is 19.7 Å². The lowest BCUT2D eigenvalue weighted by Crippen LogP contribution is -2.48. The number of hydrogen-bond donors (Lipinski definition) is 1. The van der Waals surface area contributed by atoms with Gasteiger partial charge in [0.05, 0.1) is 17.7 Å². The molecule has 2 atom stereocenters. The van der Waals surface area contributed by atoms with Crippen LogP contribution in [0.4, 0.5) is 4.39 Å². The Morgan fingerprint density at radius 2 is 2.33 bits per heavy atom. The Labute approximate surface area is 141 Å². The summed E-state index contributed by atoms with van der Waals surface area (Å²) in [5.74, 6) is -0.486. The average Bonchev–Trinajstić information content (AvgIpc) is 3.04. The van der Waals surface area contributed by atoms with Crippen molar-refractivity contribution >= 4 is 11.7 Å². The fraction of sp³-hybridized carbons (Fsp3) is 0.556. The van der Waals surface area contributed by atoms with E-state index in [1.807, 2.05) is 6.92 Å². The number of carbonyl (C=O) groups excluding carboxylic acids is 1. The van der Waals surface area contributed by atoms with Crippen LogP contribution in [0.15, 0.2) is 29.4 Å². The normalized spacial score (nSPS) is 26.6. The molecule has 0 spiro atoms. The molecule has 0 radical (unpaired) electrons. The summed E-state index contributed by atoms with van der Waals surface area (Å²) < 4.78 is 19.2. The molecule has 2 heterocycles. The third-order valence-electron chi connectivity index (χ3n) is 4.72. The van der Waals surface area contributed by atoms with Gasteiger partial charge in [-0.1, -0.05) is 23.4 Å². The number of hydrogen-bond acceptors (Lipinski definition) is 5. The molecule has 1 saturated heterocycles. The minimum atomic E-state index is -0.584. The van der Waals surface area contributed by atoms with Crippen LogP contribution < -0.4 is 5.32 Å². The summed E-state index contributed by atoms with van der Waals surface area (Å²) in [6.07, 6.45) is 2.49. The Morgan fingerprint density at radius 1 is 1.50 bits per heavy atom. The highest BCUT2D eigenvalue weighted by Gasteiger charge is 2.44. The second-order valence-corrected chi connectivity index (χ2v) is 6.43. The molecule has 0 bridgehead atoms. The molecule has 2 aliphatic heterocycles. The SMILES string of the molecule is CCOC(=O)[C@@]1(C[C@@H]2CC(c3ccccc3F)=NO2)CCCNC1. The molecule has 1 N–H and O–H groups in total. The van der Waals surface area contributed by atoms with Gasteiger partial charge in [-0.05, 0) is 32.4 Å². The van der Waals surface area contributed by atoms with Gasteiger partial charge in [0.2, 0.25) is 0 Å². The van der Waals surface area contributed by atoms with Gasteiger partial charge in [-0.25, -0.2) is 4.39 Å². The topological polar surface area (TPSA) is 59.9 Å². The lowest BCUT2D eigenvalue weighted by Gasteiger charge is -2.36. The lowest BCUT2D eigenvalue weighted by molar-refractivity contribution is -0.159. The molecule has 0 unspecified atom stereocenters. The number of piperidine rings is 1. The Balaban J connectivity index is 1.69. The number of esters is 1. The van der Waals surface area contributed by atoms with E-state index in [4.69, 9.17) is 9.57 Å². The average molecular weight is 334 g/mol. The first kappa shape index (κ1) is 16.9. The minimum absolute atomic E-state index is 0.180. The highest BCUT2D eigenvalue weighted by molar-refractivity contribution is 6.01. The number of carbonyl (C=O) groups is 1. The number of ether oxygens (including phenoxy) is 1. The largest absolute Gasteiger partial charge is 0.466 e. The Hall–Kier alpha value is -1.95. The van der Waals surface area contributed by atoms with Crippen LogP contribution in [0.25, 0.3) is 0 Å². The third-order valence-corrected chi connectivity index (χ3v) is 4.72. The summed E-state index contributed by atoms with van der Waals surface area (Å²) in [5.41, 5.74) is 0.479. The van der Waals surface area contributed by atoms with Gasteiger partial charge in [-0.15, -0.1) is 0 Å². The molecule has 0 saturated carbocycles. The molecule has 3 rings (SSSR count). The second-order valence-electron chi connectivity index (χ2n) is 6.43. The lowest BCUT2D eigenvalue weighted by atomic mass is 9.75. The number of nitrogens with zero attached hydrogens (tertiary/aromatic N) is 1. The van der Waals surface area contributed by atoms with Crippen LogP contribution in [0.3, 0.4) is 0 Å². The van der Waals surface area contributed by atoms with Crippen molar-refractivity contribution in [2.24, 2.45) is 10.6 Å². The van der Waals surface area contributed by atoms with Crippen LogP contribution in [0.1, 0.15) is 38.2 Å². The van der Waals surface area contributed by atoms with Gasteiger partial charge in [0.25, 0.3) is 0 Å². The van der Waals surface area contributed by atoms with E-state index >= 15 is 0 Å². The number of rotatable bonds is 5. The van der Waals surface area contributed by atoms with Gasteiger partial charge >= 0.3 is 5.97 Å². The van der Waals surface area contributed by atoms with Gasteiger partial charge in [-0.2, -0.15) is 0 Å². The van der Waals surface area contributed by atoms with E-state index in [9.17, 15) is 9.18 Å². The van der Waals surface area contributed by atoms with Crippen LogP contribution in [-0.4, -0.2) is 37.5 Å². The van der Waals surface area contributed by atoms with E-state index in [1.165, 1.54) is 6.07 Å². The van der Waals surface area contributed by atoms with Crippen molar-refractivity contribution in [3.8, 4) is 0 Å². The molecule has 0 aliphatic carbocycles. The number of benzene rings is 1. The first-order valence-corrected chi connectivity index (χ1v) is 8.50. The van der Waals surface area contributed by atoms with Crippen molar-refractivity contribution in [1.29, 1.82) is 0 Å². The van der Waals surface area contributed by atoms with Crippen LogP contribution in [0.2, 0.25) is 0 Å². The van der Waals surface area contributed by atoms with E-state index in [0.717, 1.165) is 19.4 Å². The molecule has 2 aliphatic rings. The van der Waals surface area contributed by atoms with Gasteiger partial charge < -0.3 is 14.9 Å². The fourth-order valence-electron chi connectivity index (χ4n) is 3.51. The van der Waals surface area contributed by atoms with Crippen molar-refractivity contribution in [1.82, 2.24) is 5.32 Å². The van der Waals surface area contributed by atoms with E-state index in [-0.39, 0.29) is 17.9 Å². The van der Waals surface area contributed by atoms with E-state index in [1.54, 1.807) is 18.2 Å². The van der Waals surface area contributed by atoms with Gasteiger partial charge in [0.1, 0.15) is 11.9 Å². The zero-order chi connectivity index (χ0) is 17.0. The predicted octanol–water partition coefficient (Wildman–Crippen LogP) is 2.64.